The first kappa shape index (κ1) is 16.1. The first-order valence-corrected chi connectivity index (χ1v) is 7.66. The van der Waals surface area contributed by atoms with Gasteiger partial charge in [-0.1, -0.05) is 38.3 Å². The Bertz CT molecular complexity index is 734. The fourth-order valence-electron chi connectivity index (χ4n) is 2.53. The second-order valence-corrected chi connectivity index (χ2v) is 5.42. The van der Waals surface area contributed by atoms with E-state index >= 15 is 0 Å². The summed E-state index contributed by atoms with van der Waals surface area (Å²) in [5, 5.41) is 13.5. The van der Waals surface area contributed by atoms with Gasteiger partial charge in [-0.05, 0) is 18.6 Å². The van der Waals surface area contributed by atoms with E-state index in [4.69, 9.17) is 0 Å². The zero-order chi connectivity index (χ0) is 16.1. The van der Waals surface area contributed by atoms with E-state index in [1.807, 2.05) is 0 Å². The van der Waals surface area contributed by atoms with Crippen LogP contribution in [0.1, 0.15) is 43.0 Å². The smallest absolute Gasteiger partial charge is 0.267 e. The number of aromatic nitrogens is 1. The van der Waals surface area contributed by atoms with Gasteiger partial charge in [0.05, 0.1) is 5.52 Å². The molecule has 5 heteroatoms. The normalized spacial score (nSPS) is 10.8. The lowest BCUT2D eigenvalue weighted by molar-refractivity contribution is 0.0948. The highest BCUT2D eigenvalue weighted by Crippen LogP contribution is 2.25. The molecule has 2 rings (SSSR count). The average molecular weight is 302 g/mol. The topological polar surface area (TPSA) is 71.3 Å². The van der Waals surface area contributed by atoms with Gasteiger partial charge < -0.3 is 15.0 Å². The summed E-state index contributed by atoms with van der Waals surface area (Å²) in [4.78, 5) is 24.6. The number of rotatable bonds is 6. The molecule has 0 radical (unpaired) electrons. The number of amides is 1. The first-order chi connectivity index (χ1) is 10.6. The number of para-hydroxylation sites is 1. The number of unbranched alkanes of at least 4 members (excludes halogenated alkanes) is 3. The van der Waals surface area contributed by atoms with Crippen LogP contribution in [0.3, 0.4) is 0 Å². The first-order valence-electron chi connectivity index (χ1n) is 7.66. The van der Waals surface area contributed by atoms with E-state index in [9.17, 15) is 14.7 Å². The molecule has 0 spiro atoms. The minimum atomic E-state index is -0.514. The lowest BCUT2D eigenvalue weighted by Crippen LogP contribution is -2.33. The molecule has 1 aromatic carbocycles. The standard InChI is InChI=1S/C17H22N2O3/c1-3-4-5-8-11-18-16(21)14-15(20)12-9-6-7-10-13(12)19(2)17(14)22/h6-7,9-10,20H,3-5,8,11H2,1-2H3,(H,18,21). The third kappa shape index (κ3) is 3.13. The van der Waals surface area contributed by atoms with Gasteiger partial charge in [0.1, 0.15) is 11.3 Å². The van der Waals surface area contributed by atoms with E-state index in [0.717, 1.165) is 25.7 Å². The number of aryl methyl sites for hydroxylation is 1. The van der Waals surface area contributed by atoms with E-state index in [-0.39, 0.29) is 11.3 Å². The van der Waals surface area contributed by atoms with Crippen molar-refractivity contribution >= 4 is 16.8 Å². The Kier molecular flexibility index (Phi) is 5.20. The van der Waals surface area contributed by atoms with E-state index in [0.29, 0.717) is 17.4 Å². The van der Waals surface area contributed by atoms with Crippen molar-refractivity contribution in [3.05, 3.63) is 40.2 Å². The third-order valence-electron chi connectivity index (χ3n) is 3.82. The summed E-state index contributed by atoms with van der Waals surface area (Å²) in [7, 11) is 1.60. The SMILES string of the molecule is CCCCCCNC(=O)c1c(O)c2ccccc2n(C)c1=O. The Labute approximate surface area is 129 Å². The number of hydrogen-bond donors (Lipinski definition) is 2. The Hall–Kier alpha value is -2.30. The molecule has 0 aliphatic heterocycles. The number of fused-ring (bicyclic) bond motifs is 1. The van der Waals surface area contributed by atoms with Gasteiger partial charge in [0.25, 0.3) is 11.5 Å². The van der Waals surface area contributed by atoms with Crippen molar-refractivity contribution in [2.24, 2.45) is 7.05 Å². The van der Waals surface area contributed by atoms with Crippen molar-refractivity contribution in [3.63, 3.8) is 0 Å². The minimum Gasteiger partial charge on any atom is -0.506 e. The van der Waals surface area contributed by atoms with Crippen LogP contribution in [0.5, 0.6) is 5.75 Å². The predicted molar refractivity (Wildman–Crippen MR) is 87.3 cm³/mol. The van der Waals surface area contributed by atoms with Crippen molar-refractivity contribution in [2.45, 2.75) is 32.6 Å². The van der Waals surface area contributed by atoms with Crippen molar-refractivity contribution in [3.8, 4) is 5.75 Å². The summed E-state index contributed by atoms with van der Waals surface area (Å²) in [6, 6.07) is 6.98. The molecule has 0 saturated carbocycles. The Morgan fingerprint density at radius 1 is 1.23 bits per heavy atom. The fourth-order valence-corrected chi connectivity index (χ4v) is 2.53. The maximum absolute atomic E-state index is 12.3. The number of nitrogens with zero attached hydrogens (tertiary/aromatic N) is 1. The van der Waals surface area contributed by atoms with Crippen LogP contribution in [-0.4, -0.2) is 22.1 Å². The lowest BCUT2D eigenvalue weighted by atomic mass is 10.1. The summed E-state index contributed by atoms with van der Waals surface area (Å²) >= 11 is 0. The summed E-state index contributed by atoms with van der Waals surface area (Å²) in [5.41, 5.74) is -0.0663. The van der Waals surface area contributed by atoms with E-state index in [1.165, 1.54) is 4.57 Å². The van der Waals surface area contributed by atoms with Crippen molar-refractivity contribution in [1.29, 1.82) is 0 Å². The van der Waals surface area contributed by atoms with Gasteiger partial charge in [0.2, 0.25) is 0 Å². The van der Waals surface area contributed by atoms with Crippen LogP contribution in [0.2, 0.25) is 0 Å². The zero-order valence-corrected chi connectivity index (χ0v) is 13.1. The summed E-state index contributed by atoms with van der Waals surface area (Å²) in [6.07, 6.45) is 4.16. The number of benzene rings is 1. The lowest BCUT2D eigenvalue weighted by Gasteiger charge is -2.11. The highest BCUT2D eigenvalue weighted by Gasteiger charge is 2.20. The van der Waals surface area contributed by atoms with Gasteiger partial charge >= 0.3 is 0 Å². The molecule has 1 amide bonds. The van der Waals surface area contributed by atoms with E-state index in [1.54, 1.807) is 31.3 Å². The van der Waals surface area contributed by atoms with Gasteiger partial charge in [0, 0.05) is 19.0 Å². The molecule has 118 valence electrons. The van der Waals surface area contributed by atoms with Crippen LogP contribution in [-0.2, 0) is 7.05 Å². The van der Waals surface area contributed by atoms with E-state index in [2.05, 4.69) is 12.2 Å². The highest BCUT2D eigenvalue weighted by atomic mass is 16.3. The largest absolute Gasteiger partial charge is 0.506 e. The van der Waals surface area contributed by atoms with Gasteiger partial charge in [0.15, 0.2) is 0 Å². The van der Waals surface area contributed by atoms with Crippen LogP contribution in [0.4, 0.5) is 0 Å². The van der Waals surface area contributed by atoms with E-state index < -0.39 is 11.5 Å². The highest BCUT2D eigenvalue weighted by molar-refractivity contribution is 6.02. The molecular formula is C17H22N2O3. The van der Waals surface area contributed by atoms with Crippen LogP contribution < -0.4 is 10.9 Å². The van der Waals surface area contributed by atoms with Crippen LogP contribution in [0.25, 0.3) is 10.9 Å². The molecular weight excluding hydrogens is 280 g/mol. The number of pyridine rings is 1. The minimum absolute atomic E-state index is 0.184. The van der Waals surface area contributed by atoms with Crippen LogP contribution >= 0.6 is 0 Å². The van der Waals surface area contributed by atoms with Crippen molar-refractivity contribution in [2.75, 3.05) is 6.54 Å². The van der Waals surface area contributed by atoms with Gasteiger partial charge in [-0.25, -0.2) is 0 Å². The maximum atomic E-state index is 12.3. The summed E-state index contributed by atoms with van der Waals surface area (Å²) in [5.74, 6) is -0.759. The molecule has 0 aliphatic rings. The molecule has 2 N–H and O–H groups in total. The van der Waals surface area contributed by atoms with Gasteiger partial charge in [-0.15, -0.1) is 0 Å². The van der Waals surface area contributed by atoms with Gasteiger partial charge in [-0.2, -0.15) is 0 Å². The Morgan fingerprint density at radius 2 is 1.95 bits per heavy atom. The molecule has 1 aromatic heterocycles. The molecule has 0 bridgehead atoms. The Morgan fingerprint density at radius 3 is 2.68 bits per heavy atom. The average Bonchev–Trinajstić information content (AvgIpc) is 2.53. The fraction of sp³-hybridized carbons (Fsp3) is 0.412. The van der Waals surface area contributed by atoms with Gasteiger partial charge in [-0.3, -0.25) is 9.59 Å². The van der Waals surface area contributed by atoms with Crippen molar-refractivity contribution < 1.29 is 9.90 Å². The molecule has 0 unspecified atom stereocenters. The number of carbonyl (C=O) groups is 1. The van der Waals surface area contributed by atoms with Crippen LogP contribution in [0, 0.1) is 0 Å². The molecule has 0 saturated heterocycles. The van der Waals surface area contributed by atoms with Crippen LogP contribution in [0.15, 0.2) is 29.1 Å². The second kappa shape index (κ2) is 7.11. The number of carbonyl (C=O) groups excluding carboxylic acids is 1. The molecule has 22 heavy (non-hydrogen) atoms. The number of nitrogens with one attached hydrogen (secondary N) is 1. The molecule has 2 aromatic rings. The molecule has 0 aliphatic carbocycles. The zero-order valence-electron chi connectivity index (χ0n) is 13.1. The maximum Gasteiger partial charge on any atom is 0.267 e. The third-order valence-corrected chi connectivity index (χ3v) is 3.82. The van der Waals surface area contributed by atoms with Crippen molar-refractivity contribution in [1.82, 2.24) is 9.88 Å². The number of aromatic hydroxyl groups is 1. The molecule has 1 heterocycles. The predicted octanol–water partition coefficient (Wildman–Crippen LogP) is 2.55. The second-order valence-electron chi connectivity index (χ2n) is 5.42. The number of hydrogen-bond acceptors (Lipinski definition) is 3. The quantitative estimate of drug-likeness (QED) is 0.806. The Balaban J connectivity index is 2.27. The molecule has 5 nitrogen and oxygen atoms in total. The molecule has 0 atom stereocenters. The summed E-state index contributed by atoms with van der Waals surface area (Å²) in [6.45, 7) is 2.63. The summed E-state index contributed by atoms with van der Waals surface area (Å²) < 4.78 is 1.39. The monoisotopic (exact) mass is 302 g/mol. The molecule has 0 fully saturated rings.